The lowest BCUT2D eigenvalue weighted by molar-refractivity contribution is 0.681. The van der Waals surface area contributed by atoms with E-state index < -0.39 is 0 Å². The summed E-state index contributed by atoms with van der Waals surface area (Å²) in [5.74, 6) is 0. The van der Waals surface area contributed by atoms with Crippen molar-refractivity contribution in [2.45, 2.75) is 27.3 Å². The number of aryl methyl sites for hydroxylation is 1. The number of allylic oxidation sites excluding steroid dienone is 1. The Bertz CT molecular complexity index is 434. The van der Waals surface area contributed by atoms with Gasteiger partial charge >= 0.3 is 5.69 Å². The second-order valence-electron chi connectivity index (χ2n) is 3.42. The van der Waals surface area contributed by atoms with Gasteiger partial charge in [-0.2, -0.15) is 4.98 Å². The molecule has 1 aromatic rings. The highest BCUT2D eigenvalue weighted by Gasteiger charge is 2.08. The number of nitrogens with zero attached hydrogens (tertiary/aromatic N) is 2. The van der Waals surface area contributed by atoms with Crippen molar-refractivity contribution in [3.05, 3.63) is 38.5 Å². The van der Waals surface area contributed by atoms with E-state index in [2.05, 4.69) is 27.5 Å². The summed E-state index contributed by atoms with van der Waals surface area (Å²) in [5, 5.41) is 0. The molecule has 1 heterocycles. The summed E-state index contributed by atoms with van der Waals surface area (Å²) in [7, 11) is 0. The Balaban J connectivity index is 3.37. The minimum Gasteiger partial charge on any atom is -0.291 e. The van der Waals surface area contributed by atoms with E-state index in [-0.39, 0.29) is 5.69 Å². The monoisotopic (exact) mass is 256 g/mol. The highest BCUT2D eigenvalue weighted by molar-refractivity contribution is 9.10. The second kappa shape index (κ2) is 4.09. The molecule has 0 spiro atoms. The van der Waals surface area contributed by atoms with Gasteiger partial charge in [0.15, 0.2) is 0 Å². The molecule has 0 saturated carbocycles. The maximum Gasteiger partial charge on any atom is 0.348 e. The highest BCUT2D eigenvalue weighted by Crippen LogP contribution is 2.16. The van der Waals surface area contributed by atoms with E-state index in [0.29, 0.717) is 6.54 Å². The normalized spacial score (nSPS) is 10.3. The summed E-state index contributed by atoms with van der Waals surface area (Å²) >= 11 is 3.40. The molecule has 3 nitrogen and oxygen atoms in total. The fourth-order valence-electron chi connectivity index (χ4n) is 1.23. The Morgan fingerprint density at radius 1 is 1.57 bits per heavy atom. The summed E-state index contributed by atoms with van der Waals surface area (Å²) in [5.41, 5.74) is 2.34. The van der Waals surface area contributed by atoms with E-state index in [1.54, 1.807) is 4.57 Å². The zero-order chi connectivity index (χ0) is 10.9. The molecule has 0 saturated heterocycles. The number of halogens is 1. The first-order chi connectivity index (χ1) is 6.43. The number of rotatable bonds is 2. The van der Waals surface area contributed by atoms with Crippen LogP contribution >= 0.6 is 15.9 Å². The quantitative estimate of drug-likeness (QED) is 0.761. The second-order valence-corrected chi connectivity index (χ2v) is 4.22. The van der Waals surface area contributed by atoms with Gasteiger partial charge in [0.05, 0.1) is 10.2 Å². The third-order valence-electron chi connectivity index (χ3n) is 1.96. The predicted molar refractivity (Wildman–Crippen MR) is 60.5 cm³/mol. The third kappa shape index (κ3) is 2.12. The fraction of sp³-hybridized carbons (Fsp3) is 0.400. The molecule has 0 radical (unpaired) electrons. The molecule has 0 aromatic carbocycles. The minimum atomic E-state index is -0.216. The average Bonchev–Trinajstić information content (AvgIpc) is 2.09. The maximum absolute atomic E-state index is 11.5. The molecule has 4 heteroatoms. The molecule has 0 aliphatic heterocycles. The van der Waals surface area contributed by atoms with Crippen LogP contribution in [-0.2, 0) is 6.54 Å². The Hall–Kier alpha value is -0.900. The summed E-state index contributed by atoms with van der Waals surface area (Å²) in [6, 6.07) is 0. The number of aromatic nitrogens is 2. The third-order valence-corrected chi connectivity index (χ3v) is 3.11. The van der Waals surface area contributed by atoms with Gasteiger partial charge in [-0.3, -0.25) is 4.57 Å². The first-order valence-electron chi connectivity index (χ1n) is 4.31. The van der Waals surface area contributed by atoms with E-state index in [0.717, 1.165) is 21.4 Å². The van der Waals surface area contributed by atoms with Gasteiger partial charge in [0.25, 0.3) is 0 Å². The minimum absolute atomic E-state index is 0.216. The fourth-order valence-corrected chi connectivity index (χ4v) is 1.54. The van der Waals surface area contributed by atoms with Gasteiger partial charge in [0.2, 0.25) is 0 Å². The van der Waals surface area contributed by atoms with Crippen LogP contribution in [0.15, 0.2) is 21.4 Å². The molecule has 0 N–H and O–H groups in total. The van der Waals surface area contributed by atoms with Gasteiger partial charge in [-0.15, -0.1) is 0 Å². The smallest absolute Gasteiger partial charge is 0.291 e. The molecule has 0 fully saturated rings. The molecule has 14 heavy (non-hydrogen) atoms. The molecular weight excluding hydrogens is 244 g/mol. The Morgan fingerprint density at radius 3 is 2.64 bits per heavy atom. The van der Waals surface area contributed by atoms with Crippen LogP contribution in [0.4, 0.5) is 0 Å². The lowest BCUT2D eigenvalue weighted by Gasteiger charge is -2.11. The van der Waals surface area contributed by atoms with Crippen LogP contribution in [0.5, 0.6) is 0 Å². The summed E-state index contributed by atoms with van der Waals surface area (Å²) in [4.78, 5) is 15.4. The van der Waals surface area contributed by atoms with E-state index >= 15 is 0 Å². The van der Waals surface area contributed by atoms with Crippen molar-refractivity contribution in [3.8, 4) is 0 Å². The van der Waals surface area contributed by atoms with Crippen molar-refractivity contribution in [1.82, 2.24) is 9.55 Å². The largest absolute Gasteiger partial charge is 0.348 e. The van der Waals surface area contributed by atoms with Crippen LogP contribution in [0.3, 0.4) is 0 Å². The van der Waals surface area contributed by atoms with E-state index in [1.165, 1.54) is 0 Å². The highest BCUT2D eigenvalue weighted by atomic mass is 79.9. The van der Waals surface area contributed by atoms with Crippen LogP contribution in [-0.4, -0.2) is 9.55 Å². The first-order valence-corrected chi connectivity index (χ1v) is 5.10. The van der Waals surface area contributed by atoms with E-state index in [1.807, 2.05) is 20.8 Å². The van der Waals surface area contributed by atoms with E-state index in [4.69, 9.17) is 0 Å². The number of hydrogen-bond donors (Lipinski definition) is 0. The van der Waals surface area contributed by atoms with Gasteiger partial charge in [-0.25, -0.2) is 4.79 Å². The zero-order valence-corrected chi connectivity index (χ0v) is 10.2. The molecule has 76 valence electrons. The summed E-state index contributed by atoms with van der Waals surface area (Å²) in [6.07, 6.45) is 0. The van der Waals surface area contributed by atoms with Crippen LogP contribution in [0.25, 0.3) is 0 Å². The molecule has 0 aliphatic rings. The Labute approximate surface area is 91.6 Å². The van der Waals surface area contributed by atoms with Gasteiger partial charge in [-0.05, 0) is 36.7 Å². The Kier molecular flexibility index (Phi) is 3.26. The Morgan fingerprint density at radius 2 is 2.14 bits per heavy atom. The lowest BCUT2D eigenvalue weighted by atomic mass is 10.3. The SMILES string of the molecule is C=C(C)Cn1c(C)c(Br)c(C)nc1=O. The zero-order valence-electron chi connectivity index (χ0n) is 8.59. The van der Waals surface area contributed by atoms with E-state index in [9.17, 15) is 4.79 Å². The lowest BCUT2D eigenvalue weighted by Crippen LogP contribution is -2.26. The first kappa shape index (κ1) is 11.2. The van der Waals surface area contributed by atoms with Crippen molar-refractivity contribution >= 4 is 15.9 Å². The molecule has 0 atom stereocenters. The predicted octanol–water partition coefficient (Wildman–Crippen LogP) is 2.20. The van der Waals surface area contributed by atoms with Crippen LogP contribution < -0.4 is 5.69 Å². The van der Waals surface area contributed by atoms with Crippen molar-refractivity contribution in [1.29, 1.82) is 0 Å². The van der Waals surface area contributed by atoms with Gasteiger partial charge in [0, 0.05) is 12.2 Å². The number of hydrogen-bond acceptors (Lipinski definition) is 2. The van der Waals surface area contributed by atoms with Gasteiger partial charge in [0.1, 0.15) is 0 Å². The van der Waals surface area contributed by atoms with Crippen LogP contribution in [0.2, 0.25) is 0 Å². The molecule has 0 amide bonds. The summed E-state index contributed by atoms with van der Waals surface area (Å²) in [6.45, 7) is 9.90. The van der Waals surface area contributed by atoms with Crippen LogP contribution in [0, 0.1) is 13.8 Å². The molecule has 0 aliphatic carbocycles. The average molecular weight is 257 g/mol. The van der Waals surface area contributed by atoms with Crippen LogP contribution in [0.1, 0.15) is 18.3 Å². The van der Waals surface area contributed by atoms with Crippen molar-refractivity contribution in [3.63, 3.8) is 0 Å². The molecule has 1 aromatic heterocycles. The van der Waals surface area contributed by atoms with Crippen molar-refractivity contribution in [2.75, 3.05) is 0 Å². The van der Waals surface area contributed by atoms with Crippen molar-refractivity contribution in [2.24, 2.45) is 0 Å². The molecule has 0 bridgehead atoms. The van der Waals surface area contributed by atoms with Crippen molar-refractivity contribution < 1.29 is 0 Å². The topological polar surface area (TPSA) is 34.9 Å². The summed E-state index contributed by atoms with van der Waals surface area (Å²) < 4.78 is 2.50. The maximum atomic E-state index is 11.5. The van der Waals surface area contributed by atoms with Gasteiger partial charge in [-0.1, -0.05) is 12.2 Å². The standard InChI is InChI=1S/C10H13BrN2O/c1-6(2)5-13-8(4)9(11)7(3)12-10(13)14/h1,5H2,2-4H3. The molecule has 1 rings (SSSR count). The molecular formula is C10H13BrN2O. The van der Waals surface area contributed by atoms with Gasteiger partial charge < -0.3 is 0 Å². The molecule has 0 unspecified atom stereocenters.